The minimum atomic E-state index is -1.07. The van der Waals surface area contributed by atoms with Crippen molar-refractivity contribution in [3.63, 3.8) is 0 Å². The van der Waals surface area contributed by atoms with E-state index in [-0.39, 0.29) is 38.5 Å². The Morgan fingerprint density at radius 1 is 0.938 bits per heavy atom. The normalized spacial score (nSPS) is 11.7. The number of hydrogen-bond acceptors (Lipinski definition) is 8. The van der Waals surface area contributed by atoms with Crippen LogP contribution in [0.25, 0.3) is 0 Å². The van der Waals surface area contributed by atoms with Gasteiger partial charge in [-0.15, -0.1) is 0 Å². The average Bonchev–Trinajstić information content (AvgIpc) is 2.78. The molecule has 2 atom stereocenters. The number of hydrogen-bond donors (Lipinski definition) is 1. The molecule has 9 nitrogen and oxygen atoms in total. The van der Waals surface area contributed by atoms with E-state index in [1.165, 1.54) is 6.92 Å². The summed E-state index contributed by atoms with van der Waals surface area (Å²) in [6.07, 6.45) is -1.69. The summed E-state index contributed by atoms with van der Waals surface area (Å²) in [5, 5.41) is 2.64. The van der Waals surface area contributed by atoms with Crippen LogP contribution in [-0.4, -0.2) is 43.4 Å². The monoisotopic (exact) mass is 453 g/mol. The Morgan fingerprint density at radius 3 is 2.22 bits per heavy atom. The van der Waals surface area contributed by atoms with Crippen LogP contribution in [-0.2, 0) is 39.9 Å². The molecule has 1 N–H and O–H groups in total. The fourth-order valence-electron chi connectivity index (χ4n) is 2.25. The van der Waals surface area contributed by atoms with Gasteiger partial charge in [0, 0.05) is 19.9 Å². The second-order valence-corrected chi connectivity index (χ2v) is 6.49. The van der Waals surface area contributed by atoms with Gasteiger partial charge in [-0.05, 0) is 18.9 Å². The second kappa shape index (κ2) is 17.6. The zero-order valence-electron chi connectivity index (χ0n) is 19.6. The molecule has 0 aliphatic heterocycles. The van der Waals surface area contributed by atoms with Gasteiger partial charge >= 0.3 is 18.1 Å². The summed E-state index contributed by atoms with van der Waals surface area (Å²) < 4.78 is 19.4. The zero-order valence-corrected chi connectivity index (χ0v) is 19.6. The van der Waals surface area contributed by atoms with E-state index in [4.69, 9.17) is 14.2 Å². The summed E-state index contributed by atoms with van der Waals surface area (Å²) in [5.41, 5.74) is 0.873. The van der Waals surface area contributed by atoms with E-state index in [9.17, 15) is 19.2 Å². The molecule has 0 spiro atoms. The summed E-state index contributed by atoms with van der Waals surface area (Å²) >= 11 is 0. The van der Waals surface area contributed by atoms with Crippen LogP contribution in [0.2, 0.25) is 0 Å². The predicted molar refractivity (Wildman–Crippen MR) is 117 cm³/mol. The third kappa shape index (κ3) is 14.0. The van der Waals surface area contributed by atoms with Crippen LogP contribution in [0, 0.1) is 5.92 Å². The number of carbonyl (C=O) groups is 4. The number of nitrogens with one attached hydrogen (secondary N) is 1. The molecule has 0 heterocycles. The van der Waals surface area contributed by atoms with E-state index in [2.05, 4.69) is 10.1 Å². The van der Waals surface area contributed by atoms with Crippen LogP contribution < -0.4 is 5.32 Å². The summed E-state index contributed by atoms with van der Waals surface area (Å²) in [6.45, 7) is 9.22. The third-order valence-corrected chi connectivity index (χ3v) is 3.91. The van der Waals surface area contributed by atoms with Crippen molar-refractivity contribution in [3.05, 3.63) is 35.9 Å². The highest BCUT2D eigenvalue weighted by Gasteiger charge is 2.20. The summed E-state index contributed by atoms with van der Waals surface area (Å²) in [6, 6.07) is 9.25. The molecule has 0 fully saturated rings. The van der Waals surface area contributed by atoms with E-state index >= 15 is 0 Å². The van der Waals surface area contributed by atoms with E-state index in [1.54, 1.807) is 13.8 Å². The van der Waals surface area contributed by atoms with Gasteiger partial charge < -0.3 is 24.3 Å². The highest BCUT2D eigenvalue weighted by Crippen LogP contribution is 2.08. The lowest BCUT2D eigenvalue weighted by molar-refractivity contribution is -0.172. The zero-order chi connectivity index (χ0) is 24.4. The van der Waals surface area contributed by atoms with Crippen molar-refractivity contribution in [1.29, 1.82) is 0 Å². The quantitative estimate of drug-likeness (QED) is 0.289. The Morgan fingerprint density at radius 2 is 1.59 bits per heavy atom. The standard InChI is InChI=1S/C21H29NO8.C2H6/c1-4-27-21(26)30-16(3)29-20(25)15(2)12-13-22-18(23)10-11-19(24)28-14-17-8-6-5-7-9-17;1-2/h5-9,15-16H,4,10-14H2,1-3H3,(H,22,23);1-2H3. The van der Waals surface area contributed by atoms with Crippen LogP contribution in [0.4, 0.5) is 4.79 Å². The van der Waals surface area contributed by atoms with Crippen molar-refractivity contribution < 1.29 is 38.1 Å². The maximum Gasteiger partial charge on any atom is 0.511 e. The summed E-state index contributed by atoms with van der Waals surface area (Å²) in [7, 11) is 0. The molecule has 0 aromatic heterocycles. The summed E-state index contributed by atoms with van der Waals surface area (Å²) in [5.74, 6) is -1.85. The number of rotatable bonds is 12. The molecule has 0 saturated heterocycles. The van der Waals surface area contributed by atoms with Gasteiger partial charge in [-0.1, -0.05) is 51.1 Å². The molecule has 0 aliphatic carbocycles. The minimum absolute atomic E-state index is 0.00311. The first-order valence-electron chi connectivity index (χ1n) is 10.8. The van der Waals surface area contributed by atoms with Crippen molar-refractivity contribution >= 4 is 24.0 Å². The third-order valence-electron chi connectivity index (χ3n) is 3.91. The predicted octanol–water partition coefficient (Wildman–Crippen LogP) is 3.74. The topological polar surface area (TPSA) is 117 Å². The number of carbonyl (C=O) groups excluding carboxylic acids is 4. The fourth-order valence-corrected chi connectivity index (χ4v) is 2.25. The van der Waals surface area contributed by atoms with Crippen LogP contribution in [0.5, 0.6) is 0 Å². The number of benzene rings is 1. The van der Waals surface area contributed by atoms with E-state index in [1.807, 2.05) is 44.2 Å². The molecule has 180 valence electrons. The Kier molecular flexibility index (Phi) is 15.9. The lowest BCUT2D eigenvalue weighted by Crippen LogP contribution is -2.30. The van der Waals surface area contributed by atoms with Gasteiger partial charge in [0.25, 0.3) is 0 Å². The summed E-state index contributed by atoms with van der Waals surface area (Å²) in [4.78, 5) is 46.6. The number of esters is 2. The lowest BCUT2D eigenvalue weighted by Gasteiger charge is -2.16. The first kappa shape index (κ1) is 28.9. The molecule has 9 heteroatoms. The van der Waals surface area contributed by atoms with Crippen molar-refractivity contribution in [2.24, 2.45) is 5.92 Å². The van der Waals surface area contributed by atoms with Gasteiger partial charge in [-0.25, -0.2) is 4.79 Å². The van der Waals surface area contributed by atoms with Gasteiger partial charge in [0.05, 0.1) is 18.9 Å². The Hall–Kier alpha value is -3.10. The lowest BCUT2D eigenvalue weighted by atomic mass is 10.1. The van der Waals surface area contributed by atoms with Gasteiger partial charge in [0.15, 0.2) is 0 Å². The maximum absolute atomic E-state index is 11.9. The molecule has 32 heavy (non-hydrogen) atoms. The molecule has 1 aromatic carbocycles. The highest BCUT2D eigenvalue weighted by atomic mass is 16.8. The van der Waals surface area contributed by atoms with E-state index in [0.717, 1.165) is 5.56 Å². The van der Waals surface area contributed by atoms with Crippen LogP contribution in [0.15, 0.2) is 30.3 Å². The SMILES string of the molecule is CC.CCOC(=O)OC(C)OC(=O)C(C)CCNC(=O)CCC(=O)OCc1ccccc1. The largest absolute Gasteiger partial charge is 0.511 e. The van der Waals surface area contributed by atoms with Crippen molar-refractivity contribution in [3.8, 4) is 0 Å². The maximum atomic E-state index is 11.9. The number of amides is 1. The molecule has 1 aromatic rings. The first-order chi connectivity index (χ1) is 15.3. The highest BCUT2D eigenvalue weighted by molar-refractivity contribution is 5.81. The molecular weight excluding hydrogens is 418 g/mol. The van der Waals surface area contributed by atoms with Crippen molar-refractivity contribution in [2.75, 3.05) is 13.2 Å². The Labute approximate surface area is 189 Å². The van der Waals surface area contributed by atoms with Crippen LogP contribution in [0.1, 0.15) is 59.4 Å². The molecule has 0 saturated carbocycles. The van der Waals surface area contributed by atoms with E-state index in [0.29, 0.717) is 6.42 Å². The molecule has 1 amide bonds. The van der Waals surface area contributed by atoms with Crippen molar-refractivity contribution in [1.82, 2.24) is 5.32 Å². The minimum Gasteiger partial charge on any atom is -0.461 e. The number of ether oxygens (including phenoxy) is 4. The van der Waals surface area contributed by atoms with Gasteiger partial charge in [0.2, 0.25) is 12.2 Å². The first-order valence-corrected chi connectivity index (χ1v) is 10.8. The molecule has 2 unspecified atom stereocenters. The van der Waals surface area contributed by atoms with Gasteiger partial charge in [-0.3, -0.25) is 14.4 Å². The van der Waals surface area contributed by atoms with Crippen LogP contribution in [0.3, 0.4) is 0 Å². The molecular formula is C23H35NO8. The average molecular weight is 454 g/mol. The van der Waals surface area contributed by atoms with Crippen LogP contribution >= 0.6 is 0 Å². The fraction of sp³-hybridized carbons (Fsp3) is 0.565. The van der Waals surface area contributed by atoms with Crippen molar-refractivity contribution in [2.45, 2.75) is 66.8 Å². The van der Waals surface area contributed by atoms with E-state index < -0.39 is 30.3 Å². The van der Waals surface area contributed by atoms with Gasteiger partial charge in [-0.2, -0.15) is 0 Å². The Balaban J connectivity index is 0.00000466. The molecule has 0 aliphatic rings. The smallest absolute Gasteiger partial charge is 0.461 e. The molecule has 0 radical (unpaired) electrons. The molecule has 0 bridgehead atoms. The van der Waals surface area contributed by atoms with Gasteiger partial charge in [0.1, 0.15) is 6.61 Å². The molecule has 1 rings (SSSR count). The second-order valence-electron chi connectivity index (χ2n) is 6.49. The Bertz CT molecular complexity index is 692.